The fraction of sp³-hybridized carbons (Fsp3) is 0.273. The Balaban J connectivity index is 2.85. The Kier molecular flexibility index (Phi) is 4.50. The third kappa shape index (κ3) is 3.32. The first-order chi connectivity index (χ1) is 7.41. The van der Waals surface area contributed by atoms with Crippen molar-refractivity contribution in [2.75, 3.05) is 0 Å². The molecule has 1 aromatic rings. The molecule has 0 saturated heterocycles. The summed E-state index contributed by atoms with van der Waals surface area (Å²) in [7, 11) is 0. The monoisotopic (exact) mass is 303 g/mol. The normalized spacial score (nSPS) is 12.0. The minimum atomic E-state index is -0.491. The third-order valence-electron chi connectivity index (χ3n) is 2.13. The van der Waals surface area contributed by atoms with E-state index in [2.05, 4.69) is 21.2 Å². The first kappa shape index (κ1) is 13.2. The van der Waals surface area contributed by atoms with Crippen LogP contribution < -0.4 is 5.32 Å². The summed E-state index contributed by atoms with van der Waals surface area (Å²) in [5.41, 5.74) is 0.456. The Hall–Kier alpha value is -0.870. The van der Waals surface area contributed by atoms with E-state index in [9.17, 15) is 9.59 Å². The molecule has 86 valence electrons. The second-order valence-electron chi connectivity index (χ2n) is 3.43. The molecule has 3 nitrogen and oxygen atoms in total. The molecule has 1 unspecified atom stereocenters. The highest BCUT2D eigenvalue weighted by molar-refractivity contribution is 9.10. The van der Waals surface area contributed by atoms with E-state index in [-0.39, 0.29) is 11.7 Å². The molecule has 1 atom stereocenters. The minimum absolute atomic E-state index is 0.0848. The van der Waals surface area contributed by atoms with Crippen molar-refractivity contribution in [1.82, 2.24) is 5.32 Å². The number of halogens is 2. The molecule has 1 aromatic carbocycles. The number of amides is 1. The predicted molar refractivity (Wildman–Crippen MR) is 66.8 cm³/mol. The van der Waals surface area contributed by atoms with Crippen LogP contribution in [-0.2, 0) is 4.79 Å². The van der Waals surface area contributed by atoms with Gasteiger partial charge in [-0.1, -0.05) is 11.6 Å². The van der Waals surface area contributed by atoms with Crippen LogP contribution in [0.25, 0.3) is 0 Å². The van der Waals surface area contributed by atoms with Crippen molar-refractivity contribution in [3.63, 3.8) is 0 Å². The Labute approximate surface area is 107 Å². The van der Waals surface area contributed by atoms with Crippen LogP contribution in [0.4, 0.5) is 0 Å². The molecule has 16 heavy (non-hydrogen) atoms. The van der Waals surface area contributed by atoms with Gasteiger partial charge in [0.15, 0.2) is 5.78 Å². The average Bonchev–Trinajstić information content (AvgIpc) is 2.16. The van der Waals surface area contributed by atoms with Gasteiger partial charge in [0.2, 0.25) is 0 Å². The highest BCUT2D eigenvalue weighted by Gasteiger charge is 2.15. The number of ketones is 1. The first-order valence-corrected chi connectivity index (χ1v) is 5.85. The summed E-state index contributed by atoms with van der Waals surface area (Å²) in [6, 6.07) is 4.37. The number of Topliss-reactive ketones (excluding diaryl/α,β-unsaturated/α-hetero) is 1. The zero-order valence-electron chi connectivity index (χ0n) is 8.88. The zero-order valence-corrected chi connectivity index (χ0v) is 11.2. The smallest absolute Gasteiger partial charge is 0.252 e. The van der Waals surface area contributed by atoms with E-state index in [1.165, 1.54) is 6.92 Å². The van der Waals surface area contributed by atoms with Crippen molar-refractivity contribution in [3.8, 4) is 0 Å². The van der Waals surface area contributed by atoms with E-state index in [4.69, 9.17) is 11.6 Å². The molecule has 0 spiro atoms. The van der Waals surface area contributed by atoms with Gasteiger partial charge in [0, 0.05) is 9.50 Å². The number of nitrogens with one attached hydrogen (secondary N) is 1. The summed E-state index contributed by atoms with van der Waals surface area (Å²) in [4.78, 5) is 22.8. The fourth-order valence-electron chi connectivity index (χ4n) is 1.05. The van der Waals surface area contributed by atoms with E-state index in [0.29, 0.717) is 15.1 Å². The van der Waals surface area contributed by atoms with E-state index in [0.717, 1.165) is 0 Å². The van der Waals surface area contributed by atoms with Crippen LogP contribution in [-0.4, -0.2) is 17.7 Å². The Morgan fingerprint density at radius 2 is 2.06 bits per heavy atom. The van der Waals surface area contributed by atoms with Crippen LogP contribution in [0.1, 0.15) is 24.2 Å². The maximum atomic E-state index is 11.8. The van der Waals surface area contributed by atoms with E-state index < -0.39 is 6.04 Å². The molecule has 0 heterocycles. The van der Waals surface area contributed by atoms with E-state index in [1.54, 1.807) is 25.1 Å². The maximum Gasteiger partial charge on any atom is 0.252 e. The lowest BCUT2D eigenvalue weighted by Gasteiger charge is -2.11. The minimum Gasteiger partial charge on any atom is -0.342 e. The van der Waals surface area contributed by atoms with Crippen LogP contribution in [0.2, 0.25) is 5.02 Å². The predicted octanol–water partition coefficient (Wildman–Crippen LogP) is 2.81. The molecular formula is C11H11BrClNO2. The van der Waals surface area contributed by atoms with Gasteiger partial charge in [0.25, 0.3) is 5.91 Å². The number of benzene rings is 1. The van der Waals surface area contributed by atoms with Gasteiger partial charge in [0.05, 0.1) is 11.6 Å². The zero-order chi connectivity index (χ0) is 12.3. The van der Waals surface area contributed by atoms with Crippen LogP contribution in [0.5, 0.6) is 0 Å². The van der Waals surface area contributed by atoms with Crippen molar-refractivity contribution in [2.45, 2.75) is 19.9 Å². The molecule has 0 aliphatic heterocycles. The number of hydrogen-bond donors (Lipinski definition) is 1. The molecule has 0 aliphatic carbocycles. The lowest BCUT2D eigenvalue weighted by molar-refractivity contribution is -0.118. The molecule has 1 amide bonds. The number of rotatable bonds is 3. The van der Waals surface area contributed by atoms with E-state index in [1.807, 2.05) is 0 Å². The molecule has 0 aliphatic rings. The quantitative estimate of drug-likeness (QED) is 0.933. The number of carbonyl (C=O) groups is 2. The summed E-state index contributed by atoms with van der Waals surface area (Å²) in [6.45, 7) is 3.08. The van der Waals surface area contributed by atoms with Crippen molar-refractivity contribution in [3.05, 3.63) is 33.3 Å². The van der Waals surface area contributed by atoms with Gasteiger partial charge in [-0.2, -0.15) is 0 Å². The lowest BCUT2D eigenvalue weighted by Crippen LogP contribution is -2.37. The largest absolute Gasteiger partial charge is 0.342 e. The van der Waals surface area contributed by atoms with Crippen LogP contribution in [0, 0.1) is 0 Å². The number of carbonyl (C=O) groups excluding carboxylic acids is 2. The summed E-state index contributed by atoms with van der Waals surface area (Å²) in [5.74, 6) is -0.385. The molecule has 0 saturated carbocycles. The Morgan fingerprint density at radius 3 is 2.56 bits per heavy atom. The Bertz CT molecular complexity index is 434. The van der Waals surface area contributed by atoms with Gasteiger partial charge < -0.3 is 5.32 Å². The van der Waals surface area contributed by atoms with Crippen LogP contribution in [0.15, 0.2) is 22.7 Å². The molecular weight excluding hydrogens is 293 g/mol. The highest BCUT2D eigenvalue weighted by atomic mass is 79.9. The van der Waals surface area contributed by atoms with Crippen molar-refractivity contribution < 1.29 is 9.59 Å². The summed E-state index contributed by atoms with van der Waals surface area (Å²) in [6.07, 6.45) is 0. The van der Waals surface area contributed by atoms with Crippen molar-refractivity contribution in [2.24, 2.45) is 0 Å². The van der Waals surface area contributed by atoms with Crippen molar-refractivity contribution >= 4 is 39.2 Å². The summed E-state index contributed by atoms with van der Waals surface area (Å²) >= 11 is 9.01. The third-order valence-corrected chi connectivity index (χ3v) is 3.02. The van der Waals surface area contributed by atoms with Crippen LogP contribution >= 0.6 is 27.5 Å². The van der Waals surface area contributed by atoms with Gasteiger partial charge in [-0.3, -0.25) is 9.59 Å². The highest BCUT2D eigenvalue weighted by Crippen LogP contribution is 2.21. The molecule has 0 radical (unpaired) electrons. The first-order valence-electron chi connectivity index (χ1n) is 4.68. The summed E-state index contributed by atoms with van der Waals surface area (Å²) in [5, 5.41) is 3.14. The van der Waals surface area contributed by atoms with Gasteiger partial charge in [-0.15, -0.1) is 0 Å². The topological polar surface area (TPSA) is 46.2 Å². The SMILES string of the molecule is CC(=O)C(C)NC(=O)c1ccc(Cl)cc1Br. The molecule has 0 bridgehead atoms. The summed E-state index contributed by atoms with van der Waals surface area (Å²) < 4.78 is 0.605. The second-order valence-corrected chi connectivity index (χ2v) is 4.72. The second kappa shape index (κ2) is 5.46. The van der Waals surface area contributed by atoms with E-state index >= 15 is 0 Å². The fourth-order valence-corrected chi connectivity index (χ4v) is 1.91. The molecule has 1 N–H and O–H groups in total. The van der Waals surface area contributed by atoms with Gasteiger partial charge in [-0.05, 0) is 48.0 Å². The Morgan fingerprint density at radius 1 is 1.44 bits per heavy atom. The average molecular weight is 305 g/mol. The van der Waals surface area contributed by atoms with Crippen molar-refractivity contribution in [1.29, 1.82) is 0 Å². The van der Waals surface area contributed by atoms with Gasteiger partial charge >= 0.3 is 0 Å². The van der Waals surface area contributed by atoms with Crippen LogP contribution in [0.3, 0.4) is 0 Å². The molecule has 0 aromatic heterocycles. The molecule has 0 fully saturated rings. The standard InChI is InChI=1S/C11H11BrClNO2/c1-6(7(2)15)14-11(16)9-4-3-8(13)5-10(9)12/h3-6H,1-2H3,(H,14,16). The molecule has 5 heteroatoms. The molecule has 1 rings (SSSR count). The number of hydrogen-bond acceptors (Lipinski definition) is 2. The van der Waals surface area contributed by atoms with Gasteiger partial charge in [0.1, 0.15) is 0 Å². The van der Waals surface area contributed by atoms with Gasteiger partial charge in [-0.25, -0.2) is 0 Å². The lowest BCUT2D eigenvalue weighted by atomic mass is 10.2. The maximum absolute atomic E-state index is 11.8.